The first-order valence-electron chi connectivity index (χ1n) is 8.96. The molecule has 2 N–H and O–H groups in total. The summed E-state index contributed by atoms with van der Waals surface area (Å²) < 4.78 is 0. The van der Waals surface area contributed by atoms with Crippen molar-refractivity contribution in [3.8, 4) is 11.3 Å². The number of nitrogens with zero attached hydrogens (tertiary/aromatic N) is 2. The van der Waals surface area contributed by atoms with E-state index in [1.807, 2.05) is 79.7 Å². The number of hydrogen-bond donors (Lipinski definition) is 2. The van der Waals surface area contributed by atoms with Gasteiger partial charge in [-0.3, -0.25) is 9.59 Å². The van der Waals surface area contributed by atoms with Crippen LogP contribution in [0, 0.1) is 0 Å². The highest BCUT2D eigenvalue weighted by Gasteiger charge is 2.13. The predicted molar refractivity (Wildman–Crippen MR) is 112 cm³/mol. The standard InChI is InChI=1S/C22H23N3O3/c1-24(2)18-11-8-16(9-12-18)20-13-10-17(22(28)23-20)14-25(15-21(26)27)19-6-4-3-5-7-19/h3-13H,14-15H2,1-2H3,(H,23,28)(H,26,27). The van der Waals surface area contributed by atoms with E-state index in [1.54, 1.807) is 11.0 Å². The fourth-order valence-corrected chi connectivity index (χ4v) is 2.98. The van der Waals surface area contributed by atoms with Gasteiger partial charge in [-0.05, 0) is 42.0 Å². The third kappa shape index (κ3) is 4.59. The van der Waals surface area contributed by atoms with E-state index in [-0.39, 0.29) is 18.6 Å². The van der Waals surface area contributed by atoms with E-state index in [1.165, 1.54) is 0 Å². The number of benzene rings is 2. The average Bonchev–Trinajstić information content (AvgIpc) is 2.69. The molecule has 0 aliphatic heterocycles. The fraction of sp³-hybridized carbons (Fsp3) is 0.182. The number of aromatic amines is 1. The number of hydrogen-bond acceptors (Lipinski definition) is 4. The molecule has 6 heteroatoms. The molecule has 0 aliphatic rings. The SMILES string of the molecule is CN(C)c1ccc(-c2ccc(CN(CC(=O)O)c3ccccc3)c(=O)[nH]2)cc1. The van der Waals surface area contributed by atoms with Crippen LogP contribution in [0.5, 0.6) is 0 Å². The second kappa shape index (κ2) is 8.43. The fourth-order valence-electron chi connectivity index (χ4n) is 2.98. The summed E-state index contributed by atoms with van der Waals surface area (Å²) in [4.78, 5) is 30.4. The van der Waals surface area contributed by atoms with Gasteiger partial charge in [-0.15, -0.1) is 0 Å². The summed E-state index contributed by atoms with van der Waals surface area (Å²) in [6, 6.07) is 20.7. The largest absolute Gasteiger partial charge is 0.480 e. The maximum Gasteiger partial charge on any atom is 0.323 e. The number of carboxylic acids is 1. The Morgan fingerprint density at radius 3 is 2.18 bits per heavy atom. The van der Waals surface area contributed by atoms with Crippen LogP contribution in [0.3, 0.4) is 0 Å². The number of pyridine rings is 1. The number of aromatic nitrogens is 1. The van der Waals surface area contributed by atoms with Gasteiger partial charge in [0, 0.05) is 43.3 Å². The molecule has 0 saturated heterocycles. The number of para-hydroxylation sites is 1. The zero-order valence-electron chi connectivity index (χ0n) is 15.9. The summed E-state index contributed by atoms with van der Waals surface area (Å²) in [6.07, 6.45) is 0. The number of carbonyl (C=O) groups is 1. The maximum atomic E-state index is 12.6. The summed E-state index contributed by atoms with van der Waals surface area (Å²) in [5.41, 5.74) is 3.77. The number of aliphatic carboxylic acids is 1. The Balaban J connectivity index is 1.85. The van der Waals surface area contributed by atoms with Crippen LogP contribution in [0.15, 0.2) is 71.5 Å². The Labute approximate surface area is 163 Å². The minimum atomic E-state index is -0.946. The lowest BCUT2D eigenvalue weighted by atomic mass is 10.1. The van der Waals surface area contributed by atoms with Crippen molar-refractivity contribution in [1.29, 1.82) is 0 Å². The van der Waals surface area contributed by atoms with Gasteiger partial charge in [-0.2, -0.15) is 0 Å². The van der Waals surface area contributed by atoms with Gasteiger partial charge in [0.25, 0.3) is 5.56 Å². The minimum absolute atomic E-state index is 0.183. The maximum absolute atomic E-state index is 12.6. The highest BCUT2D eigenvalue weighted by molar-refractivity contribution is 5.73. The molecule has 3 rings (SSSR count). The third-order valence-corrected chi connectivity index (χ3v) is 4.49. The van der Waals surface area contributed by atoms with E-state index in [2.05, 4.69) is 4.98 Å². The van der Waals surface area contributed by atoms with Gasteiger partial charge in [-0.1, -0.05) is 30.3 Å². The molecule has 0 atom stereocenters. The molecule has 0 aliphatic carbocycles. The molecule has 0 saturated carbocycles. The van der Waals surface area contributed by atoms with Gasteiger partial charge in [0.2, 0.25) is 0 Å². The summed E-state index contributed by atoms with van der Waals surface area (Å²) in [6.45, 7) is 0.0305. The summed E-state index contributed by atoms with van der Waals surface area (Å²) >= 11 is 0. The highest BCUT2D eigenvalue weighted by atomic mass is 16.4. The lowest BCUT2D eigenvalue weighted by Gasteiger charge is -2.22. The molecule has 1 heterocycles. The van der Waals surface area contributed by atoms with Gasteiger partial charge in [-0.25, -0.2) is 0 Å². The Morgan fingerprint density at radius 2 is 1.61 bits per heavy atom. The monoisotopic (exact) mass is 377 g/mol. The molecule has 0 spiro atoms. The lowest BCUT2D eigenvalue weighted by molar-refractivity contribution is -0.135. The minimum Gasteiger partial charge on any atom is -0.480 e. The van der Waals surface area contributed by atoms with Crippen molar-refractivity contribution in [3.05, 3.63) is 82.6 Å². The first-order chi connectivity index (χ1) is 13.4. The van der Waals surface area contributed by atoms with E-state index in [0.29, 0.717) is 5.56 Å². The van der Waals surface area contributed by atoms with Crippen molar-refractivity contribution in [2.75, 3.05) is 30.4 Å². The van der Waals surface area contributed by atoms with Crippen molar-refractivity contribution in [2.24, 2.45) is 0 Å². The Morgan fingerprint density at radius 1 is 0.929 bits per heavy atom. The van der Waals surface area contributed by atoms with Crippen molar-refractivity contribution in [2.45, 2.75) is 6.54 Å². The first kappa shape index (κ1) is 19.2. The molecule has 1 aromatic heterocycles. The van der Waals surface area contributed by atoms with E-state index in [0.717, 1.165) is 22.6 Å². The Hall–Kier alpha value is -3.54. The molecule has 0 amide bonds. The Bertz CT molecular complexity index is 996. The van der Waals surface area contributed by atoms with Crippen molar-refractivity contribution in [3.63, 3.8) is 0 Å². The van der Waals surface area contributed by atoms with Gasteiger partial charge in [0.05, 0.1) is 0 Å². The van der Waals surface area contributed by atoms with Gasteiger partial charge in [0.15, 0.2) is 0 Å². The smallest absolute Gasteiger partial charge is 0.323 e. The number of rotatable bonds is 7. The van der Waals surface area contributed by atoms with Crippen molar-refractivity contribution >= 4 is 17.3 Å². The van der Waals surface area contributed by atoms with Crippen LogP contribution < -0.4 is 15.4 Å². The highest BCUT2D eigenvalue weighted by Crippen LogP contribution is 2.21. The number of nitrogens with one attached hydrogen (secondary N) is 1. The van der Waals surface area contributed by atoms with Crippen LogP contribution in [0.4, 0.5) is 11.4 Å². The van der Waals surface area contributed by atoms with Crippen LogP contribution in [0.1, 0.15) is 5.56 Å². The second-order valence-corrected chi connectivity index (χ2v) is 6.75. The van der Waals surface area contributed by atoms with Crippen LogP contribution >= 0.6 is 0 Å². The van der Waals surface area contributed by atoms with Crippen molar-refractivity contribution < 1.29 is 9.90 Å². The first-order valence-corrected chi connectivity index (χ1v) is 8.96. The van der Waals surface area contributed by atoms with Gasteiger partial charge < -0.3 is 19.9 Å². The zero-order chi connectivity index (χ0) is 20.1. The van der Waals surface area contributed by atoms with Crippen LogP contribution in [-0.2, 0) is 11.3 Å². The normalized spacial score (nSPS) is 10.5. The number of H-pyrrole nitrogens is 1. The van der Waals surface area contributed by atoms with E-state index in [9.17, 15) is 14.7 Å². The van der Waals surface area contributed by atoms with Crippen LogP contribution in [0.2, 0.25) is 0 Å². The molecule has 0 fully saturated rings. The van der Waals surface area contributed by atoms with E-state index in [4.69, 9.17) is 0 Å². The lowest BCUT2D eigenvalue weighted by Crippen LogP contribution is -2.31. The van der Waals surface area contributed by atoms with Gasteiger partial charge in [0.1, 0.15) is 6.54 Å². The summed E-state index contributed by atoms with van der Waals surface area (Å²) in [7, 11) is 3.95. The molecule has 2 aromatic carbocycles. The van der Waals surface area contributed by atoms with E-state index < -0.39 is 5.97 Å². The van der Waals surface area contributed by atoms with Crippen LogP contribution in [-0.4, -0.2) is 36.7 Å². The molecule has 0 radical (unpaired) electrons. The topological polar surface area (TPSA) is 76.6 Å². The van der Waals surface area contributed by atoms with Crippen LogP contribution in [0.25, 0.3) is 11.3 Å². The Kier molecular flexibility index (Phi) is 5.79. The molecule has 28 heavy (non-hydrogen) atoms. The number of anilines is 2. The molecule has 3 aromatic rings. The van der Waals surface area contributed by atoms with Gasteiger partial charge >= 0.3 is 5.97 Å². The quantitative estimate of drug-likeness (QED) is 0.661. The summed E-state index contributed by atoms with van der Waals surface area (Å²) in [5.74, 6) is -0.946. The molecule has 6 nitrogen and oxygen atoms in total. The molecular weight excluding hydrogens is 354 g/mol. The molecular formula is C22H23N3O3. The average molecular weight is 377 g/mol. The zero-order valence-corrected chi connectivity index (χ0v) is 15.9. The van der Waals surface area contributed by atoms with Crippen molar-refractivity contribution in [1.82, 2.24) is 4.98 Å². The molecule has 0 unspecified atom stereocenters. The predicted octanol–water partition coefficient (Wildman–Crippen LogP) is 3.20. The third-order valence-electron chi connectivity index (χ3n) is 4.49. The summed E-state index contributed by atoms with van der Waals surface area (Å²) in [5, 5.41) is 9.22. The second-order valence-electron chi connectivity index (χ2n) is 6.75. The number of carboxylic acid groups (broad SMARTS) is 1. The molecule has 144 valence electrons. The molecule has 0 bridgehead atoms. The van der Waals surface area contributed by atoms with E-state index >= 15 is 0 Å².